The van der Waals surface area contributed by atoms with Crippen LogP contribution in [0.5, 0.6) is 0 Å². The van der Waals surface area contributed by atoms with E-state index in [2.05, 4.69) is 88.1 Å². The molecule has 0 atom stereocenters. The fraction of sp³-hybridized carbons (Fsp3) is 0. The smallest absolute Gasteiger partial charge is 0.164 e. The van der Waals surface area contributed by atoms with Crippen molar-refractivity contribution in [3.8, 4) is 45.5 Å². The molecule has 5 aromatic carbocycles. The quantitative estimate of drug-likeness (QED) is 0.212. The molecule has 5 nitrogen and oxygen atoms in total. The number of fused-ring (bicyclic) bond motifs is 5. The van der Waals surface area contributed by atoms with Crippen LogP contribution in [0.4, 0.5) is 0 Å². The van der Waals surface area contributed by atoms with Gasteiger partial charge in [-0.3, -0.25) is 0 Å². The van der Waals surface area contributed by atoms with E-state index in [1.54, 1.807) is 0 Å². The van der Waals surface area contributed by atoms with Crippen molar-refractivity contribution in [3.05, 3.63) is 140 Å². The summed E-state index contributed by atoms with van der Waals surface area (Å²) in [7, 11) is 0. The van der Waals surface area contributed by atoms with Crippen molar-refractivity contribution in [2.75, 3.05) is 0 Å². The molecule has 1 aliphatic rings. The third-order valence-corrected chi connectivity index (χ3v) is 9.16. The van der Waals surface area contributed by atoms with Crippen LogP contribution in [0.25, 0.3) is 67.3 Å². The zero-order chi connectivity index (χ0) is 28.3. The zero-order valence-corrected chi connectivity index (χ0v) is 23.7. The number of hydrogen-bond acceptors (Lipinski definition) is 4. The fourth-order valence-electron chi connectivity index (χ4n) is 6.02. The highest BCUT2D eigenvalue weighted by Crippen LogP contribution is 2.48. The highest BCUT2D eigenvalue weighted by Gasteiger charge is 2.26. The van der Waals surface area contributed by atoms with Crippen molar-refractivity contribution in [2.45, 2.75) is 9.92 Å². The van der Waals surface area contributed by atoms with Gasteiger partial charge in [-0.05, 0) is 42.5 Å². The third-order valence-electron chi connectivity index (χ3n) is 8.01. The first-order chi connectivity index (χ1) is 21.3. The van der Waals surface area contributed by atoms with E-state index in [-0.39, 0.29) is 0 Å². The van der Waals surface area contributed by atoms with Gasteiger partial charge in [-0.2, -0.15) is 0 Å². The first kappa shape index (κ1) is 24.2. The summed E-state index contributed by atoms with van der Waals surface area (Å²) < 4.78 is 4.69. The summed E-state index contributed by atoms with van der Waals surface area (Å²) in [5.74, 6) is 1.98. The van der Waals surface area contributed by atoms with Gasteiger partial charge in [0.05, 0.1) is 16.7 Å². The second kappa shape index (κ2) is 9.54. The Morgan fingerprint density at radius 1 is 0.512 bits per heavy atom. The van der Waals surface area contributed by atoms with Crippen molar-refractivity contribution in [1.82, 2.24) is 24.1 Å². The van der Waals surface area contributed by atoms with Crippen molar-refractivity contribution in [3.63, 3.8) is 0 Å². The van der Waals surface area contributed by atoms with E-state index in [0.29, 0.717) is 17.5 Å². The lowest BCUT2D eigenvalue weighted by Gasteiger charge is -2.19. The molecule has 0 fully saturated rings. The second-order valence-corrected chi connectivity index (χ2v) is 11.6. The predicted molar refractivity (Wildman–Crippen MR) is 174 cm³/mol. The van der Waals surface area contributed by atoms with Crippen molar-refractivity contribution in [2.24, 2.45) is 0 Å². The molecule has 0 unspecified atom stereocenters. The maximum Gasteiger partial charge on any atom is 0.164 e. The zero-order valence-electron chi connectivity index (χ0n) is 22.9. The molecule has 0 bridgehead atoms. The molecule has 8 aromatic rings. The molecule has 0 saturated heterocycles. The molecule has 3 aromatic heterocycles. The standard InChI is InChI=1S/C37H23N5S/c1-4-11-24(12-5-1)34-38-35(25-13-6-2-7-14-25)40-36(39-34)26-19-20-30-29(23-26)28-17-10-18-32-33(28)42(30)31-21-22-41(37(31)43-32)27-15-8-3-9-16-27/h1-23H. The van der Waals surface area contributed by atoms with Gasteiger partial charge in [0.25, 0.3) is 0 Å². The van der Waals surface area contributed by atoms with Crippen molar-refractivity contribution < 1.29 is 0 Å². The van der Waals surface area contributed by atoms with Gasteiger partial charge in [0.15, 0.2) is 17.5 Å². The summed E-state index contributed by atoms with van der Waals surface area (Å²) in [5, 5.41) is 3.61. The fourth-order valence-corrected chi connectivity index (χ4v) is 7.20. The highest BCUT2D eigenvalue weighted by molar-refractivity contribution is 7.99. The van der Waals surface area contributed by atoms with E-state index < -0.39 is 0 Å². The minimum Gasteiger partial charge on any atom is -0.310 e. The molecule has 43 heavy (non-hydrogen) atoms. The summed E-state index contributed by atoms with van der Waals surface area (Å²) in [5.41, 5.74) is 7.64. The van der Waals surface area contributed by atoms with Crippen LogP contribution >= 0.6 is 11.8 Å². The van der Waals surface area contributed by atoms with Crippen LogP contribution in [0.1, 0.15) is 0 Å². The minimum absolute atomic E-state index is 0.659. The molecular formula is C37H23N5S. The van der Waals surface area contributed by atoms with E-state index >= 15 is 0 Å². The van der Waals surface area contributed by atoms with Gasteiger partial charge in [0.2, 0.25) is 0 Å². The Kier molecular flexibility index (Phi) is 5.36. The van der Waals surface area contributed by atoms with Crippen LogP contribution in [-0.4, -0.2) is 24.1 Å². The van der Waals surface area contributed by atoms with Crippen LogP contribution in [-0.2, 0) is 0 Å². The summed E-state index contributed by atoms with van der Waals surface area (Å²) in [6.45, 7) is 0. The Bertz CT molecular complexity index is 2250. The van der Waals surface area contributed by atoms with Crippen molar-refractivity contribution in [1.29, 1.82) is 0 Å². The number of rotatable bonds is 4. The van der Waals surface area contributed by atoms with Gasteiger partial charge in [0.1, 0.15) is 5.03 Å². The second-order valence-electron chi connectivity index (χ2n) is 10.6. The lowest BCUT2D eigenvalue weighted by atomic mass is 10.1. The van der Waals surface area contributed by atoms with Crippen LogP contribution < -0.4 is 0 Å². The molecule has 1 aliphatic heterocycles. The Morgan fingerprint density at radius 3 is 1.81 bits per heavy atom. The SMILES string of the molecule is c1ccc(-c2nc(-c3ccccc3)nc(-c3ccc4c(c3)c3cccc5c3n4-c3ccn(-c4ccccc4)c3S5)n2)cc1. The van der Waals surface area contributed by atoms with Crippen LogP contribution in [0.3, 0.4) is 0 Å². The van der Waals surface area contributed by atoms with Gasteiger partial charge < -0.3 is 9.13 Å². The summed E-state index contributed by atoms with van der Waals surface area (Å²) in [6.07, 6.45) is 2.17. The van der Waals surface area contributed by atoms with Gasteiger partial charge in [0, 0.05) is 44.2 Å². The van der Waals surface area contributed by atoms with Gasteiger partial charge >= 0.3 is 0 Å². The normalized spacial score (nSPS) is 12.1. The average molecular weight is 570 g/mol. The molecule has 202 valence electrons. The molecule has 4 heterocycles. The number of aromatic nitrogens is 5. The Morgan fingerprint density at radius 2 is 1.14 bits per heavy atom. The summed E-state index contributed by atoms with van der Waals surface area (Å²) in [4.78, 5) is 16.1. The van der Waals surface area contributed by atoms with Crippen molar-refractivity contribution >= 4 is 33.6 Å². The molecule has 0 aliphatic carbocycles. The Hall–Kier alpha value is -5.46. The molecule has 6 heteroatoms. The average Bonchev–Trinajstić information content (AvgIpc) is 3.66. The topological polar surface area (TPSA) is 48.5 Å². The molecule has 0 N–H and O–H groups in total. The minimum atomic E-state index is 0.659. The predicted octanol–water partition coefficient (Wildman–Crippen LogP) is 9.22. The molecule has 0 spiro atoms. The summed E-state index contributed by atoms with van der Waals surface area (Å²) >= 11 is 1.83. The first-order valence-corrected chi connectivity index (χ1v) is 15.0. The molecule has 0 saturated carbocycles. The third kappa shape index (κ3) is 3.84. The first-order valence-electron chi connectivity index (χ1n) is 14.2. The maximum atomic E-state index is 4.98. The van der Waals surface area contributed by atoms with E-state index in [9.17, 15) is 0 Å². The van der Waals surface area contributed by atoms with Crippen LogP contribution in [0.2, 0.25) is 0 Å². The maximum absolute atomic E-state index is 4.98. The van der Waals surface area contributed by atoms with E-state index in [1.807, 2.05) is 72.4 Å². The number of hydrogen-bond donors (Lipinski definition) is 0. The van der Waals surface area contributed by atoms with Gasteiger partial charge in [-0.25, -0.2) is 15.0 Å². The van der Waals surface area contributed by atoms with Crippen LogP contribution in [0, 0.1) is 0 Å². The molecule has 0 amide bonds. The number of nitrogens with zero attached hydrogens (tertiary/aromatic N) is 5. The molecule has 0 radical (unpaired) electrons. The monoisotopic (exact) mass is 569 g/mol. The molecular weight excluding hydrogens is 547 g/mol. The van der Waals surface area contributed by atoms with Crippen LogP contribution in [0.15, 0.2) is 150 Å². The largest absolute Gasteiger partial charge is 0.310 e. The highest BCUT2D eigenvalue weighted by atomic mass is 32.2. The van der Waals surface area contributed by atoms with E-state index in [1.165, 1.54) is 37.4 Å². The lowest BCUT2D eigenvalue weighted by molar-refractivity contribution is 0.925. The molecule has 9 rings (SSSR count). The van der Waals surface area contributed by atoms with Gasteiger partial charge in [-0.1, -0.05) is 103 Å². The van der Waals surface area contributed by atoms with Gasteiger partial charge in [-0.15, -0.1) is 0 Å². The van der Waals surface area contributed by atoms with E-state index in [0.717, 1.165) is 22.4 Å². The summed E-state index contributed by atoms with van der Waals surface area (Å²) in [6, 6.07) is 46.2. The van der Waals surface area contributed by atoms with E-state index in [4.69, 9.17) is 15.0 Å². The lowest BCUT2D eigenvalue weighted by Crippen LogP contribution is -2.03. The number of para-hydroxylation sites is 2. The number of benzene rings is 5. The Balaban J connectivity index is 1.25. The Labute approximate surface area is 252 Å².